The number of carbonyl (C=O) groups excluding carboxylic acids is 1. The van der Waals surface area contributed by atoms with Crippen LogP contribution in [0.3, 0.4) is 0 Å². The molecule has 0 bridgehead atoms. The largest absolute Gasteiger partial charge is 0.376 e. The van der Waals surface area contributed by atoms with Crippen molar-refractivity contribution in [1.29, 1.82) is 0 Å². The van der Waals surface area contributed by atoms with E-state index in [1.165, 1.54) is 30.6 Å². The third-order valence-electron chi connectivity index (χ3n) is 5.47. The first-order chi connectivity index (χ1) is 11.8. The highest BCUT2D eigenvalue weighted by Crippen LogP contribution is 2.49. The van der Waals surface area contributed by atoms with Crippen molar-refractivity contribution in [3.05, 3.63) is 52.5 Å². The second kappa shape index (κ2) is 6.65. The first-order valence-electron chi connectivity index (χ1n) is 8.56. The number of nitrogens with zero attached hydrogens (tertiary/aromatic N) is 2. The molecule has 1 saturated carbocycles. The molecule has 3 heterocycles. The Morgan fingerprint density at radius 1 is 1.38 bits per heavy atom. The average molecular weight is 342 g/mol. The zero-order valence-corrected chi connectivity index (χ0v) is 14.5. The van der Waals surface area contributed by atoms with Crippen molar-refractivity contribution in [1.82, 2.24) is 9.88 Å². The molecule has 2 aromatic heterocycles. The van der Waals surface area contributed by atoms with Crippen LogP contribution in [0.5, 0.6) is 0 Å². The SMILES string of the molecule is O=C(c1cccs1)N1C[C@@H]2CCC[C@]2(COCc2ccncc2)C1. The molecule has 5 heteroatoms. The van der Waals surface area contributed by atoms with Crippen LogP contribution in [0.2, 0.25) is 0 Å². The van der Waals surface area contributed by atoms with Crippen molar-refractivity contribution in [3.63, 3.8) is 0 Å². The topological polar surface area (TPSA) is 42.4 Å². The quantitative estimate of drug-likeness (QED) is 0.834. The molecule has 2 atom stereocenters. The molecule has 0 radical (unpaired) electrons. The lowest BCUT2D eigenvalue weighted by molar-refractivity contribution is 0.0265. The minimum absolute atomic E-state index is 0.153. The number of rotatable bonds is 5. The van der Waals surface area contributed by atoms with Gasteiger partial charge in [-0.05, 0) is 47.9 Å². The Balaban J connectivity index is 1.40. The molecule has 2 aliphatic rings. The molecule has 1 aliphatic carbocycles. The molecule has 4 rings (SSSR count). The van der Waals surface area contributed by atoms with Crippen molar-refractivity contribution in [2.24, 2.45) is 11.3 Å². The fourth-order valence-electron chi connectivity index (χ4n) is 4.21. The molecule has 126 valence electrons. The van der Waals surface area contributed by atoms with Gasteiger partial charge in [0, 0.05) is 30.9 Å². The summed E-state index contributed by atoms with van der Waals surface area (Å²) < 4.78 is 6.06. The zero-order valence-electron chi connectivity index (χ0n) is 13.7. The second-order valence-corrected chi connectivity index (χ2v) is 7.91. The van der Waals surface area contributed by atoms with E-state index in [1.54, 1.807) is 12.4 Å². The third-order valence-corrected chi connectivity index (χ3v) is 6.32. The smallest absolute Gasteiger partial charge is 0.263 e. The second-order valence-electron chi connectivity index (χ2n) is 6.96. The number of amides is 1. The van der Waals surface area contributed by atoms with Gasteiger partial charge in [-0.15, -0.1) is 11.3 Å². The average Bonchev–Trinajstić information content (AvgIpc) is 3.31. The summed E-state index contributed by atoms with van der Waals surface area (Å²) in [6, 6.07) is 7.85. The zero-order chi connectivity index (χ0) is 16.4. The number of thiophene rings is 1. The summed E-state index contributed by atoms with van der Waals surface area (Å²) in [5.74, 6) is 0.770. The van der Waals surface area contributed by atoms with E-state index in [1.807, 2.05) is 34.5 Å². The van der Waals surface area contributed by atoms with Crippen molar-refractivity contribution >= 4 is 17.2 Å². The van der Waals surface area contributed by atoms with E-state index in [-0.39, 0.29) is 11.3 Å². The van der Waals surface area contributed by atoms with Crippen molar-refractivity contribution in [3.8, 4) is 0 Å². The van der Waals surface area contributed by atoms with Crippen LogP contribution in [0.25, 0.3) is 0 Å². The van der Waals surface area contributed by atoms with Crippen molar-refractivity contribution in [2.45, 2.75) is 25.9 Å². The minimum Gasteiger partial charge on any atom is -0.376 e. The lowest BCUT2D eigenvalue weighted by Gasteiger charge is -2.28. The molecule has 0 unspecified atom stereocenters. The first-order valence-corrected chi connectivity index (χ1v) is 9.44. The number of pyridine rings is 1. The van der Waals surface area contributed by atoms with Gasteiger partial charge in [0.25, 0.3) is 5.91 Å². The minimum atomic E-state index is 0.153. The molecule has 1 saturated heterocycles. The van der Waals surface area contributed by atoms with Gasteiger partial charge in [-0.2, -0.15) is 0 Å². The van der Waals surface area contributed by atoms with Gasteiger partial charge in [0.1, 0.15) is 0 Å². The van der Waals surface area contributed by atoms with E-state index < -0.39 is 0 Å². The molecule has 2 aromatic rings. The summed E-state index contributed by atoms with van der Waals surface area (Å²) in [6.45, 7) is 3.09. The van der Waals surface area contributed by atoms with Gasteiger partial charge in [0.15, 0.2) is 0 Å². The van der Waals surface area contributed by atoms with E-state index in [0.29, 0.717) is 12.5 Å². The summed E-state index contributed by atoms with van der Waals surface area (Å²) in [6.07, 6.45) is 7.23. The molecule has 4 nitrogen and oxygen atoms in total. The van der Waals surface area contributed by atoms with Crippen LogP contribution in [-0.2, 0) is 11.3 Å². The van der Waals surface area contributed by atoms with Gasteiger partial charge in [-0.3, -0.25) is 9.78 Å². The Labute approximate surface area is 146 Å². The molecular weight excluding hydrogens is 320 g/mol. The Morgan fingerprint density at radius 2 is 2.25 bits per heavy atom. The van der Waals surface area contributed by atoms with E-state index in [4.69, 9.17) is 4.74 Å². The van der Waals surface area contributed by atoms with E-state index in [2.05, 4.69) is 4.98 Å². The Bertz CT molecular complexity index is 689. The molecule has 1 amide bonds. The fourth-order valence-corrected chi connectivity index (χ4v) is 4.90. The van der Waals surface area contributed by atoms with Crippen LogP contribution in [0, 0.1) is 11.3 Å². The summed E-state index contributed by atoms with van der Waals surface area (Å²) in [7, 11) is 0. The van der Waals surface area contributed by atoms with Gasteiger partial charge in [0.2, 0.25) is 0 Å². The number of likely N-dealkylation sites (tertiary alicyclic amines) is 1. The highest BCUT2D eigenvalue weighted by atomic mass is 32.1. The maximum Gasteiger partial charge on any atom is 0.263 e. The van der Waals surface area contributed by atoms with Crippen molar-refractivity contribution in [2.75, 3.05) is 19.7 Å². The van der Waals surface area contributed by atoms with Crippen LogP contribution in [0.4, 0.5) is 0 Å². The lowest BCUT2D eigenvalue weighted by atomic mass is 9.81. The maximum absolute atomic E-state index is 12.7. The number of hydrogen-bond donors (Lipinski definition) is 0. The molecule has 0 aromatic carbocycles. The Kier molecular flexibility index (Phi) is 4.37. The highest BCUT2D eigenvalue weighted by Gasteiger charge is 2.50. The molecular formula is C19H22N2O2S. The molecule has 0 N–H and O–H groups in total. The fraction of sp³-hybridized carbons (Fsp3) is 0.474. The van der Waals surface area contributed by atoms with Gasteiger partial charge in [-0.1, -0.05) is 12.5 Å². The summed E-state index contributed by atoms with van der Waals surface area (Å²) in [5, 5.41) is 1.97. The Hall–Kier alpha value is -1.72. The van der Waals surface area contributed by atoms with Gasteiger partial charge >= 0.3 is 0 Å². The van der Waals surface area contributed by atoms with Gasteiger partial charge in [-0.25, -0.2) is 0 Å². The molecule has 24 heavy (non-hydrogen) atoms. The number of fused-ring (bicyclic) bond motifs is 1. The number of hydrogen-bond acceptors (Lipinski definition) is 4. The standard InChI is InChI=1S/C19H22N2O2S/c22-18(17-4-2-10-24-17)21-11-16-3-1-7-19(16,13-21)14-23-12-15-5-8-20-9-6-15/h2,4-6,8-10,16H,1,3,7,11-14H2/t16-,19+/m0/s1. The van der Waals surface area contributed by atoms with Crippen LogP contribution in [0.1, 0.15) is 34.5 Å². The predicted octanol–water partition coefficient (Wildman–Crippen LogP) is 3.60. The van der Waals surface area contributed by atoms with Gasteiger partial charge < -0.3 is 9.64 Å². The number of ether oxygens (including phenoxy) is 1. The van der Waals surface area contributed by atoms with E-state index in [9.17, 15) is 4.79 Å². The summed E-state index contributed by atoms with van der Waals surface area (Å²) in [5.41, 5.74) is 1.31. The highest BCUT2D eigenvalue weighted by molar-refractivity contribution is 7.12. The molecule has 2 fully saturated rings. The number of aromatic nitrogens is 1. The predicted molar refractivity (Wildman–Crippen MR) is 93.9 cm³/mol. The van der Waals surface area contributed by atoms with E-state index >= 15 is 0 Å². The normalized spacial score (nSPS) is 25.8. The van der Waals surface area contributed by atoms with Gasteiger partial charge in [0.05, 0.1) is 18.1 Å². The number of carbonyl (C=O) groups is 1. The summed E-state index contributed by atoms with van der Waals surface area (Å²) >= 11 is 1.53. The van der Waals surface area contributed by atoms with Crippen molar-refractivity contribution < 1.29 is 9.53 Å². The van der Waals surface area contributed by atoms with Crippen LogP contribution >= 0.6 is 11.3 Å². The summed E-state index contributed by atoms with van der Waals surface area (Å²) in [4.78, 5) is 19.6. The van der Waals surface area contributed by atoms with E-state index in [0.717, 1.165) is 30.1 Å². The maximum atomic E-state index is 12.7. The van der Waals surface area contributed by atoms with Crippen LogP contribution in [0.15, 0.2) is 42.0 Å². The third kappa shape index (κ3) is 2.98. The Morgan fingerprint density at radius 3 is 3.04 bits per heavy atom. The molecule has 0 spiro atoms. The first kappa shape index (κ1) is 15.8. The lowest BCUT2D eigenvalue weighted by Crippen LogP contribution is -2.34. The monoisotopic (exact) mass is 342 g/mol. The van der Waals surface area contributed by atoms with Crippen LogP contribution < -0.4 is 0 Å². The molecule has 1 aliphatic heterocycles. The van der Waals surface area contributed by atoms with Crippen LogP contribution in [-0.4, -0.2) is 35.5 Å².